The van der Waals surface area contributed by atoms with Gasteiger partial charge in [0.1, 0.15) is 35.1 Å². The Balaban J connectivity index is 1.44. The summed E-state index contributed by atoms with van der Waals surface area (Å²) >= 11 is 0. The van der Waals surface area contributed by atoms with Gasteiger partial charge in [-0.15, -0.1) is 0 Å². The average molecular weight is 1000 g/mol. The number of carbonyl (C=O) groups excluding carboxylic acids is 4. The number of ether oxygens (including phenoxy) is 4. The van der Waals surface area contributed by atoms with Crippen molar-refractivity contribution in [1.29, 1.82) is 0 Å². The van der Waals surface area contributed by atoms with E-state index in [4.69, 9.17) is 28.9 Å². The lowest BCUT2D eigenvalue weighted by Crippen LogP contribution is -2.44. The number of Topliss-reactive ketones (excluding diaryl/α,β-unsaturated/α-hetero) is 1. The molecule has 0 aromatic heterocycles. The smallest absolute Gasteiger partial charge is 0.317 e. The monoisotopic (exact) mass is 1000 g/mol. The molecule has 16 heteroatoms. The highest BCUT2D eigenvalue weighted by Crippen LogP contribution is 2.46. The molecule has 396 valence electrons. The first-order valence-corrected chi connectivity index (χ1v) is 26.2. The molecular formula is C56H81N5O11. The topological polar surface area (TPSA) is 209 Å². The molecule has 5 heterocycles. The number of aromatic hydroxyl groups is 2. The Hall–Kier alpha value is -5.16. The van der Waals surface area contributed by atoms with Crippen LogP contribution in [0.2, 0.25) is 0 Å². The van der Waals surface area contributed by atoms with E-state index in [-0.39, 0.29) is 87.2 Å². The number of phenolic OH excluding ortho intramolecular Hbond substituents is 2. The van der Waals surface area contributed by atoms with Crippen molar-refractivity contribution in [2.75, 3.05) is 65.4 Å². The van der Waals surface area contributed by atoms with Gasteiger partial charge in [0.15, 0.2) is 17.2 Å². The van der Waals surface area contributed by atoms with Crippen molar-refractivity contribution in [1.82, 2.24) is 9.80 Å². The number of hydrogen-bond acceptors (Lipinski definition) is 15. The van der Waals surface area contributed by atoms with Crippen molar-refractivity contribution in [2.24, 2.45) is 45.5 Å². The number of aliphatic hydroxyl groups is 1. The Bertz CT molecular complexity index is 2520. The van der Waals surface area contributed by atoms with Crippen LogP contribution < -0.4 is 20.8 Å². The molecule has 7 rings (SSSR count). The summed E-state index contributed by atoms with van der Waals surface area (Å²) in [6.07, 6.45) is 9.41. The van der Waals surface area contributed by atoms with Crippen LogP contribution in [0, 0.1) is 42.4 Å². The van der Waals surface area contributed by atoms with E-state index in [2.05, 4.69) is 36.0 Å². The zero-order chi connectivity index (χ0) is 52.6. The molecule has 0 unspecified atom stereocenters. The molecule has 1 amide bonds. The van der Waals surface area contributed by atoms with E-state index < -0.39 is 71.6 Å². The quantitative estimate of drug-likeness (QED) is 0.0766. The number of rotatable bonds is 11. The van der Waals surface area contributed by atoms with E-state index in [1.54, 1.807) is 38.2 Å². The lowest BCUT2D eigenvalue weighted by molar-refractivity contribution is -0.167. The van der Waals surface area contributed by atoms with Gasteiger partial charge in [0.05, 0.1) is 41.7 Å². The number of nitrogens with zero attached hydrogens (tertiary/aromatic N) is 4. The highest BCUT2D eigenvalue weighted by molar-refractivity contribution is 6.16. The van der Waals surface area contributed by atoms with Crippen LogP contribution in [0.3, 0.4) is 0 Å². The number of allylic oxidation sites excluding steroid dienone is 4. The number of anilines is 1. The Morgan fingerprint density at radius 1 is 0.931 bits per heavy atom. The normalized spacial score (nSPS) is 27.7. The molecule has 2 aromatic rings. The van der Waals surface area contributed by atoms with E-state index in [9.17, 15) is 29.7 Å². The predicted molar refractivity (Wildman–Crippen MR) is 277 cm³/mol. The summed E-state index contributed by atoms with van der Waals surface area (Å²) in [5.41, 5.74) is -0.315. The molecule has 2 saturated heterocycles. The third-order valence-electron chi connectivity index (χ3n) is 15.1. The lowest BCUT2D eigenvalue weighted by Gasteiger charge is -2.37. The molecule has 5 aliphatic heterocycles. The SMILES string of the molecule is CCCOc1c(C)c(O)c2c(O)c3c4c(c2c1C(=O)C/C=C/[C@H](OC)[C@@H](C)[C@@H](OC(=O)CC(=O)OCC1CCN(C)CC1)[C@H](C)[C@H](O)[C@H](C)C[C@@H](C)/C=C/C=C(/C)C(=O)N3)=NC1(CCN(CC(C)C)CC1)N=4. The minimum atomic E-state index is -0.952. The molecule has 0 aliphatic carbocycles. The molecule has 0 saturated carbocycles. The number of methoxy groups -OCH3 is 1. The zero-order valence-corrected chi connectivity index (χ0v) is 44.6. The summed E-state index contributed by atoms with van der Waals surface area (Å²) in [4.78, 5) is 70.9. The van der Waals surface area contributed by atoms with E-state index in [0.29, 0.717) is 50.3 Å². The third kappa shape index (κ3) is 13.1. The maximum Gasteiger partial charge on any atom is 0.317 e. The summed E-state index contributed by atoms with van der Waals surface area (Å²) in [5, 5.41) is 39.8. The summed E-state index contributed by atoms with van der Waals surface area (Å²) in [5.74, 6) is -3.88. The van der Waals surface area contributed by atoms with Crippen LogP contribution in [-0.4, -0.2) is 133 Å². The van der Waals surface area contributed by atoms with Crippen LogP contribution >= 0.6 is 0 Å². The van der Waals surface area contributed by atoms with Crippen LogP contribution in [0.1, 0.15) is 123 Å². The highest BCUT2D eigenvalue weighted by Gasteiger charge is 2.41. The minimum absolute atomic E-state index is 0.0138. The molecule has 16 nitrogen and oxygen atoms in total. The number of hydrogen-bond donors (Lipinski definition) is 4. The van der Waals surface area contributed by atoms with Gasteiger partial charge in [-0.2, -0.15) is 0 Å². The predicted octanol–water partition coefficient (Wildman–Crippen LogP) is 7.13. The molecule has 7 atom stereocenters. The van der Waals surface area contributed by atoms with Gasteiger partial charge in [-0.3, -0.25) is 29.2 Å². The first-order chi connectivity index (χ1) is 34.2. The van der Waals surface area contributed by atoms with E-state index in [1.807, 2.05) is 40.7 Å². The first-order valence-electron chi connectivity index (χ1n) is 26.2. The number of amides is 1. The summed E-state index contributed by atoms with van der Waals surface area (Å²) < 4.78 is 24.0. The van der Waals surface area contributed by atoms with Gasteiger partial charge in [-0.1, -0.05) is 78.8 Å². The van der Waals surface area contributed by atoms with Crippen LogP contribution in [0.25, 0.3) is 10.8 Å². The van der Waals surface area contributed by atoms with Crippen LogP contribution in [0.15, 0.2) is 45.9 Å². The third-order valence-corrected chi connectivity index (χ3v) is 15.1. The molecule has 2 aromatic carbocycles. The summed E-state index contributed by atoms with van der Waals surface area (Å²) in [6.45, 7) is 21.8. The van der Waals surface area contributed by atoms with Crippen LogP contribution in [0.4, 0.5) is 5.69 Å². The molecule has 2 fully saturated rings. The first kappa shape index (κ1) is 56.1. The fourth-order valence-electron chi connectivity index (χ4n) is 10.8. The fraction of sp³-hybridized carbons (Fsp3) is 0.643. The van der Waals surface area contributed by atoms with Crippen LogP contribution in [0.5, 0.6) is 17.2 Å². The molecule has 4 bridgehead atoms. The zero-order valence-electron chi connectivity index (χ0n) is 44.6. The number of piperidine rings is 2. The van der Waals surface area contributed by atoms with E-state index in [0.717, 1.165) is 32.5 Å². The van der Waals surface area contributed by atoms with E-state index in [1.165, 1.54) is 7.11 Å². The second-order valence-electron chi connectivity index (χ2n) is 21.5. The number of likely N-dealkylation sites (tertiary alicyclic amines) is 2. The number of aliphatic hydroxyl groups excluding tert-OH is 1. The van der Waals surface area contributed by atoms with Gasteiger partial charge < -0.3 is 49.4 Å². The number of fused-ring (bicyclic) bond motifs is 14. The van der Waals surface area contributed by atoms with Gasteiger partial charge >= 0.3 is 11.9 Å². The van der Waals surface area contributed by atoms with E-state index >= 15 is 4.79 Å². The van der Waals surface area contributed by atoms with Crippen molar-refractivity contribution in [3.8, 4) is 17.2 Å². The van der Waals surface area contributed by atoms with Gasteiger partial charge in [-0.25, -0.2) is 0 Å². The fourth-order valence-corrected chi connectivity index (χ4v) is 10.8. The van der Waals surface area contributed by atoms with Gasteiger partial charge in [0, 0.05) is 74.4 Å². The maximum absolute atomic E-state index is 15.0. The van der Waals surface area contributed by atoms with Crippen molar-refractivity contribution < 1.29 is 53.4 Å². The van der Waals surface area contributed by atoms with Crippen molar-refractivity contribution >= 4 is 40.1 Å². The minimum Gasteiger partial charge on any atom is -0.507 e. The summed E-state index contributed by atoms with van der Waals surface area (Å²) in [7, 11) is 3.57. The maximum atomic E-state index is 15.0. The van der Waals surface area contributed by atoms with Gasteiger partial charge in [0.2, 0.25) is 0 Å². The van der Waals surface area contributed by atoms with Crippen molar-refractivity contribution in [2.45, 2.75) is 138 Å². The Kier molecular flexibility index (Phi) is 19.3. The number of phenols is 2. The van der Waals surface area contributed by atoms with Crippen molar-refractivity contribution in [3.63, 3.8) is 0 Å². The Morgan fingerprint density at radius 3 is 2.26 bits per heavy atom. The Labute approximate surface area is 425 Å². The molecule has 5 aliphatic rings. The average Bonchev–Trinajstić information content (AvgIpc) is 3.71. The molecule has 0 radical (unpaired) electrons. The number of nitrogens with one attached hydrogen (secondary N) is 1. The lowest BCUT2D eigenvalue weighted by atomic mass is 9.79. The molecule has 1 spiro atoms. The Morgan fingerprint density at radius 2 is 1.61 bits per heavy atom. The number of carbonyl (C=O) groups is 4. The second-order valence-corrected chi connectivity index (χ2v) is 21.5. The molecule has 72 heavy (non-hydrogen) atoms. The largest absolute Gasteiger partial charge is 0.507 e. The standard InChI is InChI=1S/C56H81N5O11/c1-12-27-70-54-38(9)51(66)46-45-44(54)40(62)17-14-18-41(69-11)36(7)53(72-43(64)29-42(63)71-31-39-19-23-60(10)24-20-39)37(8)50(65)35(6)28-33(4)15-13-16-34(5)55(68)57-49(52(46)67)48-47(45)58-56(59-48)21-25-61(26-22-56)30-32(2)3/h13-16,18,32-33,35-37,39,41,50,53,65-67H,12,17,19-31H2,1-11H3,(H,57,68)/b15-13+,18-14+,34-16-/t33-,35+,36+,37+,41-,50+,53+/m0/s1. The summed E-state index contributed by atoms with van der Waals surface area (Å²) in [6, 6.07) is 0. The van der Waals surface area contributed by atoms with Gasteiger partial charge in [-0.05, 0) is 83.3 Å². The molecule has 4 N–H and O–H groups in total. The van der Waals surface area contributed by atoms with Gasteiger partial charge in [0.25, 0.3) is 5.91 Å². The molecular weight excluding hydrogens is 919 g/mol. The number of ketones is 1. The number of esters is 2. The highest BCUT2D eigenvalue weighted by atomic mass is 16.6. The van der Waals surface area contributed by atoms with Crippen molar-refractivity contribution in [3.05, 3.63) is 57.8 Å². The van der Waals surface area contributed by atoms with Crippen LogP contribution in [-0.2, 0) is 28.6 Å². The second kappa shape index (κ2) is 24.7. The number of benzene rings is 2.